The summed E-state index contributed by atoms with van der Waals surface area (Å²) in [5, 5.41) is 0. The van der Waals surface area contributed by atoms with Crippen molar-refractivity contribution in [1.82, 2.24) is 4.90 Å². The molecule has 2 unspecified atom stereocenters. The molecule has 0 amide bonds. The van der Waals surface area contributed by atoms with Gasteiger partial charge in [0.2, 0.25) is 0 Å². The molecule has 0 radical (unpaired) electrons. The Bertz CT molecular complexity index is 368. The molecule has 0 aromatic heterocycles. The van der Waals surface area contributed by atoms with E-state index in [-0.39, 0.29) is 4.90 Å². The summed E-state index contributed by atoms with van der Waals surface area (Å²) in [6, 6.07) is 0. The predicted octanol–water partition coefficient (Wildman–Crippen LogP) is 4.42. The van der Waals surface area contributed by atoms with Crippen LogP contribution in [0.1, 0.15) is 6.42 Å². The minimum atomic E-state index is -5.18. The second-order valence-electron chi connectivity index (χ2n) is 4.63. The summed E-state index contributed by atoms with van der Waals surface area (Å²) in [6.45, 7) is -2.57. The van der Waals surface area contributed by atoms with Gasteiger partial charge in [-0.25, -0.2) is 0 Å². The number of nitrogens with zero attached hydrogens (tertiary/aromatic N) is 1. The summed E-state index contributed by atoms with van der Waals surface area (Å²) in [7, 11) is 0. The van der Waals surface area contributed by atoms with Crippen molar-refractivity contribution in [2.45, 2.75) is 24.9 Å². The minimum absolute atomic E-state index is 0.173. The molecule has 1 aliphatic rings. The first-order valence-electron chi connectivity index (χ1n) is 5.53. The zero-order chi connectivity index (χ0) is 16.6. The van der Waals surface area contributed by atoms with Crippen LogP contribution in [0, 0.1) is 11.8 Å². The number of alkyl halides is 9. The molecule has 1 fully saturated rings. The van der Waals surface area contributed by atoms with Crippen LogP contribution in [0.5, 0.6) is 0 Å². The van der Waals surface area contributed by atoms with Gasteiger partial charge in [-0.3, -0.25) is 0 Å². The highest BCUT2D eigenvalue weighted by Crippen LogP contribution is 2.42. The normalized spacial score (nSPS) is 26.2. The molecule has 0 aliphatic carbocycles. The molecule has 0 aromatic rings. The van der Waals surface area contributed by atoms with Crippen LogP contribution in [0.25, 0.3) is 0 Å². The lowest BCUT2D eigenvalue weighted by Crippen LogP contribution is -2.48. The first kappa shape index (κ1) is 17.9. The van der Waals surface area contributed by atoms with E-state index in [1.165, 1.54) is 0 Å². The van der Waals surface area contributed by atoms with Crippen LogP contribution in [-0.2, 0) is 0 Å². The van der Waals surface area contributed by atoms with Gasteiger partial charge in [0, 0.05) is 13.1 Å². The van der Waals surface area contributed by atoms with Gasteiger partial charge in [-0.2, -0.15) is 43.9 Å². The second kappa shape index (κ2) is 5.56. The number of allylic oxidation sites excluding steroid dienone is 1. The average molecular weight is 333 g/mol. The zero-order valence-corrected chi connectivity index (χ0v) is 10.1. The smallest absolute Gasteiger partial charge is 0.347 e. The number of hydrogen-bond acceptors (Lipinski definition) is 1. The number of rotatable bonds is 1. The maximum atomic E-state index is 13.2. The summed E-state index contributed by atoms with van der Waals surface area (Å²) in [5.74, 6) is -7.26. The van der Waals surface area contributed by atoms with Crippen LogP contribution in [0.4, 0.5) is 43.9 Å². The lowest BCUT2D eigenvalue weighted by Gasteiger charge is -2.39. The van der Waals surface area contributed by atoms with Crippen molar-refractivity contribution < 1.29 is 43.9 Å². The van der Waals surface area contributed by atoms with Crippen molar-refractivity contribution in [2.24, 2.45) is 11.8 Å². The number of halogens is 10. The van der Waals surface area contributed by atoms with Gasteiger partial charge in [0.1, 0.15) is 0 Å². The molecule has 1 rings (SSSR count). The third-order valence-corrected chi connectivity index (χ3v) is 2.96. The van der Waals surface area contributed by atoms with Crippen molar-refractivity contribution in [3.63, 3.8) is 0 Å². The Morgan fingerprint density at radius 1 is 0.810 bits per heavy atom. The fraction of sp³-hybridized carbons (Fsp3) is 0.800. The van der Waals surface area contributed by atoms with Crippen LogP contribution >= 0.6 is 0 Å². The van der Waals surface area contributed by atoms with E-state index in [0.29, 0.717) is 0 Å². The topological polar surface area (TPSA) is 3.24 Å². The largest absolute Gasteiger partial charge is 0.414 e. The van der Waals surface area contributed by atoms with Gasteiger partial charge in [-0.15, -0.1) is 0 Å². The van der Waals surface area contributed by atoms with Gasteiger partial charge >= 0.3 is 18.5 Å². The van der Waals surface area contributed by atoms with Crippen LogP contribution in [-0.4, -0.2) is 36.5 Å². The minimum Gasteiger partial charge on any atom is -0.347 e. The fourth-order valence-electron chi connectivity index (χ4n) is 1.97. The molecular formula is C10H9F10N. The van der Waals surface area contributed by atoms with Crippen molar-refractivity contribution in [3.8, 4) is 0 Å². The van der Waals surface area contributed by atoms with Crippen molar-refractivity contribution >= 4 is 0 Å². The van der Waals surface area contributed by atoms with E-state index >= 15 is 0 Å². The molecule has 2 atom stereocenters. The Morgan fingerprint density at radius 2 is 1.19 bits per heavy atom. The number of likely N-dealkylation sites (tertiary alicyclic amines) is 1. The molecule has 0 N–H and O–H groups in total. The summed E-state index contributed by atoms with van der Waals surface area (Å²) in [6.07, 6.45) is -17.6. The Labute approximate surface area is 112 Å². The number of hydrogen-bond donors (Lipinski definition) is 0. The molecule has 11 heteroatoms. The van der Waals surface area contributed by atoms with Gasteiger partial charge in [0.05, 0.1) is 17.9 Å². The molecule has 1 saturated heterocycles. The van der Waals surface area contributed by atoms with Gasteiger partial charge < -0.3 is 4.90 Å². The highest BCUT2D eigenvalue weighted by molar-refractivity contribution is 5.00. The van der Waals surface area contributed by atoms with Crippen LogP contribution in [0.2, 0.25) is 0 Å². The summed E-state index contributed by atoms with van der Waals surface area (Å²) in [5.41, 5.74) is 0. The highest BCUT2D eigenvalue weighted by Gasteiger charge is 2.52. The third-order valence-electron chi connectivity index (χ3n) is 2.96. The van der Waals surface area contributed by atoms with E-state index in [1.54, 1.807) is 0 Å². The van der Waals surface area contributed by atoms with Gasteiger partial charge in [-0.05, 0) is 6.42 Å². The quantitative estimate of drug-likeness (QED) is 0.507. The molecule has 1 nitrogen and oxygen atoms in total. The molecular weight excluding hydrogens is 324 g/mol. The summed E-state index contributed by atoms with van der Waals surface area (Å²) >= 11 is 0. The standard InChI is InChI=1S/C10H9F10N/c11-7(2-8(12,13)14)21-3-5(9(15,16)17)1-6(4-21)10(18,19)20/h2,5-6H,1,3-4H2/b7-2+. The molecule has 0 spiro atoms. The summed E-state index contributed by atoms with van der Waals surface area (Å²) in [4.78, 5) is -0.173. The van der Waals surface area contributed by atoms with Crippen LogP contribution in [0.3, 0.4) is 0 Å². The van der Waals surface area contributed by atoms with Gasteiger partial charge in [-0.1, -0.05) is 0 Å². The Morgan fingerprint density at radius 3 is 1.48 bits per heavy atom. The lowest BCUT2D eigenvalue weighted by atomic mass is 9.88. The van der Waals surface area contributed by atoms with Crippen molar-refractivity contribution in [1.29, 1.82) is 0 Å². The highest BCUT2D eigenvalue weighted by atomic mass is 19.4. The third kappa shape index (κ3) is 5.27. The Kier molecular flexibility index (Phi) is 4.74. The molecule has 124 valence electrons. The lowest BCUT2D eigenvalue weighted by molar-refractivity contribution is -0.229. The van der Waals surface area contributed by atoms with E-state index in [9.17, 15) is 43.9 Å². The van der Waals surface area contributed by atoms with Crippen LogP contribution < -0.4 is 0 Å². The SMILES string of the molecule is F/C(=C\C(F)(F)F)N1CC(C(F)(F)F)CC(C(F)(F)F)C1. The predicted molar refractivity (Wildman–Crippen MR) is 50.5 cm³/mol. The van der Waals surface area contributed by atoms with E-state index in [2.05, 4.69) is 0 Å². The van der Waals surface area contributed by atoms with Crippen molar-refractivity contribution in [3.05, 3.63) is 12.0 Å². The maximum absolute atomic E-state index is 13.2. The molecule has 0 bridgehead atoms. The first-order valence-corrected chi connectivity index (χ1v) is 5.53. The summed E-state index contributed by atoms with van der Waals surface area (Å²) < 4.78 is 124. The molecule has 0 aromatic carbocycles. The second-order valence-corrected chi connectivity index (χ2v) is 4.63. The van der Waals surface area contributed by atoms with E-state index in [1.807, 2.05) is 0 Å². The maximum Gasteiger partial charge on any atom is 0.414 e. The molecule has 1 aliphatic heterocycles. The number of piperidine rings is 1. The van der Waals surface area contributed by atoms with Gasteiger partial charge in [0.15, 0.2) is 5.95 Å². The van der Waals surface area contributed by atoms with Crippen molar-refractivity contribution in [2.75, 3.05) is 13.1 Å². The molecule has 1 heterocycles. The monoisotopic (exact) mass is 333 g/mol. The zero-order valence-electron chi connectivity index (χ0n) is 10.1. The fourth-order valence-corrected chi connectivity index (χ4v) is 1.97. The molecule has 0 saturated carbocycles. The Hall–Kier alpha value is -1.16. The van der Waals surface area contributed by atoms with Crippen LogP contribution in [0.15, 0.2) is 12.0 Å². The van der Waals surface area contributed by atoms with E-state index in [0.717, 1.165) is 0 Å². The van der Waals surface area contributed by atoms with E-state index < -0.39 is 61.9 Å². The van der Waals surface area contributed by atoms with Gasteiger partial charge in [0.25, 0.3) is 0 Å². The first-order chi connectivity index (χ1) is 9.20. The Balaban J connectivity index is 3.02. The molecule has 21 heavy (non-hydrogen) atoms. The average Bonchev–Trinajstić information content (AvgIpc) is 2.23. The van der Waals surface area contributed by atoms with E-state index in [4.69, 9.17) is 0 Å².